The molecule has 1 heterocycles. The van der Waals surface area contributed by atoms with Crippen molar-refractivity contribution in [2.24, 2.45) is 12.0 Å². The van der Waals surface area contributed by atoms with Crippen molar-refractivity contribution in [2.45, 2.75) is 43.6 Å². The van der Waals surface area contributed by atoms with Crippen LogP contribution in [0.5, 0.6) is 0 Å². The lowest BCUT2D eigenvalue weighted by atomic mass is 9.99. The fourth-order valence-electron chi connectivity index (χ4n) is 3.68. The molecule has 15 heteroatoms. The molecule has 1 amide bonds. The predicted octanol–water partition coefficient (Wildman–Crippen LogP) is 6.05. The van der Waals surface area contributed by atoms with E-state index in [9.17, 15) is 45.2 Å². The van der Waals surface area contributed by atoms with E-state index in [1.807, 2.05) is 6.07 Å². The molecule has 3 rings (SSSR count). The van der Waals surface area contributed by atoms with E-state index in [2.05, 4.69) is 15.4 Å². The number of nitriles is 1. The summed E-state index contributed by atoms with van der Waals surface area (Å²) in [7, 11) is 2.05. The van der Waals surface area contributed by atoms with Gasteiger partial charge in [0.15, 0.2) is 5.69 Å². The van der Waals surface area contributed by atoms with Gasteiger partial charge < -0.3 is 5.32 Å². The smallest absolute Gasteiger partial charge is 0.334 e. The van der Waals surface area contributed by atoms with Gasteiger partial charge >= 0.3 is 18.3 Å². The zero-order valence-electron chi connectivity index (χ0n) is 19.8. The number of rotatable bonds is 6. The van der Waals surface area contributed by atoms with Crippen LogP contribution >= 0.6 is 11.6 Å². The van der Waals surface area contributed by atoms with Gasteiger partial charge in [0.25, 0.3) is 5.91 Å². The zero-order chi connectivity index (χ0) is 28.8. The second kappa shape index (κ2) is 9.68. The van der Waals surface area contributed by atoms with E-state index in [4.69, 9.17) is 11.6 Å². The Bertz CT molecular complexity index is 1380. The number of aliphatic imine (C=N–C) groups is 1. The van der Waals surface area contributed by atoms with Crippen molar-refractivity contribution < 1.29 is 39.9 Å². The third-order valence-electron chi connectivity index (χ3n) is 5.78. The molecule has 0 aliphatic heterocycles. The van der Waals surface area contributed by atoms with E-state index in [-0.39, 0.29) is 32.1 Å². The third-order valence-corrected chi connectivity index (χ3v) is 6.10. The summed E-state index contributed by atoms with van der Waals surface area (Å²) in [4.78, 5) is 16.6. The van der Waals surface area contributed by atoms with Crippen LogP contribution in [-0.2, 0) is 19.1 Å². The third kappa shape index (κ3) is 5.38. The van der Waals surface area contributed by atoms with Gasteiger partial charge in [0.2, 0.25) is 0 Å². The molecular formula is C23H18ClF8N5O. The van der Waals surface area contributed by atoms with E-state index >= 15 is 0 Å². The summed E-state index contributed by atoms with van der Waals surface area (Å²) in [5.74, 6) is -6.56. The van der Waals surface area contributed by atoms with Crippen LogP contribution < -0.4 is 5.32 Å². The van der Waals surface area contributed by atoms with Crippen LogP contribution in [-0.4, -0.2) is 40.2 Å². The van der Waals surface area contributed by atoms with Crippen LogP contribution in [0.2, 0.25) is 5.02 Å². The molecule has 0 unspecified atom stereocenters. The number of allylic oxidation sites excluding steroid dienone is 2. The summed E-state index contributed by atoms with van der Waals surface area (Å²) < 4.78 is 108. The maximum absolute atomic E-state index is 14.0. The molecule has 6 nitrogen and oxygen atoms in total. The lowest BCUT2D eigenvalue weighted by Gasteiger charge is -2.20. The Kier molecular flexibility index (Phi) is 7.41. The Morgan fingerprint density at radius 3 is 2.29 bits per heavy atom. The molecule has 1 aromatic heterocycles. The lowest BCUT2D eigenvalue weighted by Crippen LogP contribution is -2.36. The van der Waals surface area contributed by atoms with Gasteiger partial charge in [-0.2, -0.15) is 45.5 Å². The molecule has 1 N–H and O–H groups in total. The standard InChI is InChI=1S/C23H18ClF8N5O/c1-11(17-16(22(27,28)29)18(36-37(17)3)21(25,26)23(30,31)32)8-15(34-2)12-4-5-14(24)13(9-12)19(38)35-20(10-33)6-7-20/h4-5,8-9H,6-7H2,1-3H3,(H,35,38)/b11-8+,34-15?. The highest BCUT2D eigenvalue weighted by molar-refractivity contribution is 6.34. The van der Waals surface area contributed by atoms with Gasteiger partial charge in [0, 0.05) is 19.7 Å². The molecule has 38 heavy (non-hydrogen) atoms. The molecule has 204 valence electrons. The van der Waals surface area contributed by atoms with Gasteiger partial charge in [0.05, 0.1) is 28.1 Å². The minimum Gasteiger partial charge on any atom is -0.334 e. The average molecular weight is 568 g/mol. The first-order valence-corrected chi connectivity index (χ1v) is 11.0. The average Bonchev–Trinajstić information content (AvgIpc) is 3.47. The molecule has 1 fully saturated rings. The Morgan fingerprint density at radius 1 is 1.21 bits per heavy atom. The maximum atomic E-state index is 14.0. The Balaban J connectivity index is 2.10. The second-order valence-electron chi connectivity index (χ2n) is 8.54. The molecule has 0 spiro atoms. The van der Waals surface area contributed by atoms with Gasteiger partial charge in [-0.1, -0.05) is 17.7 Å². The number of aromatic nitrogens is 2. The summed E-state index contributed by atoms with van der Waals surface area (Å²) in [6.07, 6.45) is -10.0. The molecule has 1 aliphatic carbocycles. The molecular weight excluding hydrogens is 550 g/mol. The number of aryl methyl sites for hydroxylation is 1. The second-order valence-corrected chi connectivity index (χ2v) is 8.95. The minimum absolute atomic E-state index is 0.00107. The topological polar surface area (TPSA) is 83.1 Å². The molecule has 0 saturated heterocycles. The Morgan fingerprint density at radius 2 is 1.82 bits per heavy atom. The highest BCUT2D eigenvalue weighted by atomic mass is 35.5. The number of hydrogen-bond donors (Lipinski definition) is 1. The minimum atomic E-state index is -6.32. The van der Waals surface area contributed by atoms with E-state index in [1.54, 1.807) is 0 Å². The van der Waals surface area contributed by atoms with Gasteiger partial charge in [0.1, 0.15) is 11.1 Å². The number of carbonyl (C=O) groups excluding carboxylic acids is 1. The summed E-state index contributed by atoms with van der Waals surface area (Å²) >= 11 is 6.11. The normalized spacial score (nSPS) is 16.3. The van der Waals surface area contributed by atoms with Crippen molar-refractivity contribution in [1.82, 2.24) is 15.1 Å². The number of benzene rings is 1. The summed E-state index contributed by atoms with van der Waals surface area (Å²) in [6.45, 7) is 1.06. The van der Waals surface area contributed by atoms with Crippen LogP contribution in [0.1, 0.15) is 52.6 Å². The lowest BCUT2D eigenvalue weighted by molar-refractivity contribution is -0.292. The SMILES string of the molecule is CN=C(/C=C(\C)c1c(C(F)(F)F)c(C(F)(F)C(F)(F)F)nn1C)c1ccc(Cl)c(C(=O)NC2(C#N)CC2)c1. The van der Waals surface area contributed by atoms with E-state index < -0.39 is 46.7 Å². The van der Waals surface area contributed by atoms with E-state index in [0.717, 1.165) is 20.0 Å². The molecule has 2 aromatic rings. The number of hydrogen-bond acceptors (Lipinski definition) is 4. The van der Waals surface area contributed by atoms with Gasteiger partial charge in [-0.15, -0.1) is 0 Å². The monoisotopic (exact) mass is 567 g/mol. The summed E-state index contributed by atoms with van der Waals surface area (Å²) in [6, 6.07) is 5.92. The number of amides is 1. The fraction of sp³-hybridized carbons (Fsp3) is 0.391. The van der Waals surface area contributed by atoms with Crippen LogP contribution in [0.4, 0.5) is 35.1 Å². The Labute approximate surface area is 215 Å². The fourth-order valence-corrected chi connectivity index (χ4v) is 3.89. The van der Waals surface area contributed by atoms with Crippen molar-refractivity contribution in [2.75, 3.05) is 7.05 Å². The predicted molar refractivity (Wildman–Crippen MR) is 121 cm³/mol. The molecule has 0 bridgehead atoms. The van der Waals surface area contributed by atoms with E-state index in [0.29, 0.717) is 12.8 Å². The van der Waals surface area contributed by atoms with Gasteiger partial charge in [-0.05, 0) is 43.5 Å². The Hall–Kier alpha value is -3.47. The largest absolute Gasteiger partial charge is 0.459 e. The first kappa shape index (κ1) is 29.1. The summed E-state index contributed by atoms with van der Waals surface area (Å²) in [5.41, 5.74) is -7.11. The molecule has 1 saturated carbocycles. The number of alkyl halides is 8. The maximum Gasteiger partial charge on any atom is 0.459 e. The number of nitrogens with one attached hydrogen (secondary N) is 1. The van der Waals surface area contributed by atoms with Crippen molar-refractivity contribution in [3.8, 4) is 6.07 Å². The quantitative estimate of drug-likeness (QED) is 0.340. The number of halogens is 9. The molecule has 1 aliphatic rings. The summed E-state index contributed by atoms with van der Waals surface area (Å²) in [5, 5.41) is 14.6. The van der Waals surface area contributed by atoms with Gasteiger partial charge in [-0.25, -0.2) is 0 Å². The highest BCUT2D eigenvalue weighted by Crippen LogP contribution is 2.49. The number of nitrogens with zero attached hydrogens (tertiary/aromatic N) is 4. The first-order chi connectivity index (χ1) is 17.4. The first-order valence-electron chi connectivity index (χ1n) is 10.7. The van der Waals surface area contributed by atoms with Crippen LogP contribution in [0.25, 0.3) is 5.57 Å². The molecule has 0 radical (unpaired) electrons. The van der Waals surface area contributed by atoms with Crippen molar-refractivity contribution in [1.29, 1.82) is 5.26 Å². The van der Waals surface area contributed by atoms with E-state index in [1.165, 1.54) is 25.2 Å². The van der Waals surface area contributed by atoms with Crippen LogP contribution in [0.15, 0.2) is 29.3 Å². The van der Waals surface area contributed by atoms with Crippen molar-refractivity contribution in [3.63, 3.8) is 0 Å². The zero-order valence-corrected chi connectivity index (χ0v) is 20.6. The molecule has 0 atom stereocenters. The highest BCUT2D eigenvalue weighted by Gasteiger charge is 2.64. The number of carbonyl (C=O) groups is 1. The molecule has 1 aromatic carbocycles. The van der Waals surface area contributed by atoms with Crippen LogP contribution in [0.3, 0.4) is 0 Å². The van der Waals surface area contributed by atoms with Gasteiger partial charge in [-0.3, -0.25) is 14.5 Å². The van der Waals surface area contributed by atoms with Crippen molar-refractivity contribution in [3.05, 3.63) is 57.4 Å². The van der Waals surface area contributed by atoms with Crippen LogP contribution in [0, 0.1) is 11.3 Å². The van der Waals surface area contributed by atoms with Crippen molar-refractivity contribution >= 4 is 28.8 Å².